The number of hydrogen-bond acceptors (Lipinski definition) is 3. The van der Waals surface area contributed by atoms with Crippen molar-refractivity contribution in [3.05, 3.63) is 18.2 Å². The second-order valence-electron chi connectivity index (χ2n) is 9.42. The molecule has 2 saturated heterocycles. The Morgan fingerprint density at radius 1 is 1.21 bits per heavy atom. The fourth-order valence-electron chi connectivity index (χ4n) is 5.36. The summed E-state index contributed by atoms with van der Waals surface area (Å²) in [6, 6.07) is 0. The van der Waals surface area contributed by atoms with Crippen LogP contribution in [0.5, 0.6) is 0 Å². The molecule has 28 heavy (non-hydrogen) atoms. The first-order valence-corrected chi connectivity index (χ1v) is 11.1. The highest BCUT2D eigenvalue weighted by atomic mass is 16.2. The number of aromatic nitrogens is 2. The lowest BCUT2D eigenvalue weighted by Crippen LogP contribution is -2.53. The quantitative estimate of drug-likeness (QED) is 0.865. The van der Waals surface area contributed by atoms with Gasteiger partial charge in [0.25, 0.3) is 0 Å². The largest absolute Gasteiger partial charge is 0.348 e. The van der Waals surface area contributed by atoms with Crippen LogP contribution in [-0.2, 0) is 16.0 Å². The first kappa shape index (κ1) is 19.5. The van der Waals surface area contributed by atoms with Crippen LogP contribution in [0.2, 0.25) is 0 Å². The van der Waals surface area contributed by atoms with Gasteiger partial charge >= 0.3 is 0 Å². The Morgan fingerprint density at radius 2 is 1.96 bits per heavy atom. The molecule has 0 radical (unpaired) electrons. The standard InChI is InChI=1S/C22H34N4O2/c1-17-2-4-18(5-3-17)21(28)25-12-9-22(10-13-25)8-6-20(27)26(15-22)11-7-19-14-23-16-24-19/h14,16-18H,2-13,15H2,1H3,(H,23,24). The number of carbonyl (C=O) groups is 2. The van der Waals surface area contributed by atoms with Gasteiger partial charge in [-0.3, -0.25) is 9.59 Å². The van der Waals surface area contributed by atoms with Crippen molar-refractivity contribution in [2.24, 2.45) is 17.3 Å². The molecule has 0 unspecified atom stereocenters. The summed E-state index contributed by atoms with van der Waals surface area (Å²) in [5, 5.41) is 0. The molecule has 1 N–H and O–H groups in total. The van der Waals surface area contributed by atoms with E-state index in [-0.39, 0.29) is 17.2 Å². The third-order valence-electron chi connectivity index (χ3n) is 7.45. The van der Waals surface area contributed by atoms with Crippen molar-refractivity contribution in [1.29, 1.82) is 0 Å². The van der Waals surface area contributed by atoms with Crippen molar-refractivity contribution >= 4 is 11.8 Å². The van der Waals surface area contributed by atoms with Gasteiger partial charge in [0.2, 0.25) is 11.8 Å². The Kier molecular flexibility index (Phi) is 5.74. The summed E-state index contributed by atoms with van der Waals surface area (Å²) >= 11 is 0. The molecule has 3 aliphatic rings. The summed E-state index contributed by atoms with van der Waals surface area (Å²) in [6.07, 6.45) is 12.6. The van der Waals surface area contributed by atoms with E-state index >= 15 is 0 Å². The predicted octanol–water partition coefficient (Wildman–Crippen LogP) is 3.01. The summed E-state index contributed by atoms with van der Waals surface area (Å²) in [5.41, 5.74) is 1.29. The first-order chi connectivity index (χ1) is 13.5. The third-order valence-corrected chi connectivity index (χ3v) is 7.45. The Morgan fingerprint density at radius 3 is 2.64 bits per heavy atom. The molecule has 1 aliphatic carbocycles. The van der Waals surface area contributed by atoms with E-state index in [0.29, 0.717) is 12.3 Å². The number of aromatic amines is 1. The minimum atomic E-state index is 0.208. The molecule has 154 valence electrons. The summed E-state index contributed by atoms with van der Waals surface area (Å²) in [7, 11) is 0. The van der Waals surface area contributed by atoms with Gasteiger partial charge in [0, 0.05) is 56.8 Å². The van der Waals surface area contributed by atoms with Crippen molar-refractivity contribution in [3.63, 3.8) is 0 Å². The van der Waals surface area contributed by atoms with Crippen molar-refractivity contribution in [2.45, 2.75) is 64.7 Å². The lowest BCUT2D eigenvalue weighted by Gasteiger charge is -2.48. The van der Waals surface area contributed by atoms with Gasteiger partial charge in [-0.15, -0.1) is 0 Å². The zero-order chi connectivity index (χ0) is 19.6. The number of nitrogens with zero attached hydrogens (tertiary/aromatic N) is 3. The number of carbonyl (C=O) groups excluding carboxylic acids is 2. The van der Waals surface area contributed by atoms with Gasteiger partial charge in [-0.25, -0.2) is 4.98 Å². The van der Waals surface area contributed by atoms with Crippen LogP contribution in [0.1, 0.15) is 64.0 Å². The van der Waals surface area contributed by atoms with E-state index in [1.807, 2.05) is 11.1 Å². The van der Waals surface area contributed by atoms with Crippen LogP contribution in [0.15, 0.2) is 12.5 Å². The van der Waals surface area contributed by atoms with Crippen LogP contribution in [0.4, 0.5) is 0 Å². The maximum Gasteiger partial charge on any atom is 0.225 e. The van der Waals surface area contributed by atoms with Crippen molar-refractivity contribution in [1.82, 2.24) is 19.8 Å². The second-order valence-corrected chi connectivity index (χ2v) is 9.42. The number of hydrogen-bond donors (Lipinski definition) is 1. The molecule has 3 fully saturated rings. The molecule has 4 rings (SSSR count). The number of likely N-dealkylation sites (tertiary alicyclic amines) is 2. The normalized spacial score (nSPS) is 28.0. The summed E-state index contributed by atoms with van der Waals surface area (Å²) in [6.45, 7) is 5.64. The van der Waals surface area contributed by atoms with E-state index < -0.39 is 0 Å². The van der Waals surface area contributed by atoms with E-state index in [2.05, 4.69) is 21.8 Å². The molecule has 6 nitrogen and oxygen atoms in total. The Hall–Kier alpha value is -1.85. The maximum absolute atomic E-state index is 12.9. The fraction of sp³-hybridized carbons (Fsp3) is 0.773. The van der Waals surface area contributed by atoms with Crippen LogP contribution in [0.3, 0.4) is 0 Å². The van der Waals surface area contributed by atoms with Crippen molar-refractivity contribution < 1.29 is 9.59 Å². The Bertz CT molecular complexity index is 671. The molecule has 1 aromatic heterocycles. The third kappa shape index (κ3) is 4.26. The predicted molar refractivity (Wildman–Crippen MR) is 107 cm³/mol. The lowest BCUT2D eigenvalue weighted by molar-refractivity contribution is -0.144. The number of nitrogens with one attached hydrogen (secondary N) is 1. The van der Waals surface area contributed by atoms with E-state index in [1.165, 1.54) is 12.8 Å². The molecule has 2 amide bonds. The minimum Gasteiger partial charge on any atom is -0.348 e. The highest BCUT2D eigenvalue weighted by Gasteiger charge is 2.42. The van der Waals surface area contributed by atoms with Crippen LogP contribution in [0, 0.1) is 17.3 Å². The van der Waals surface area contributed by atoms with Crippen molar-refractivity contribution in [3.8, 4) is 0 Å². The van der Waals surface area contributed by atoms with Gasteiger partial charge in [0.1, 0.15) is 0 Å². The average molecular weight is 387 g/mol. The second kappa shape index (κ2) is 8.26. The minimum absolute atomic E-state index is 0.208. The van der Waals surface area contributed by atoms with E-state index in [1.54, 1.807) is 6.33 Å². The molecule has 0 atom stereocenters. The molecule has 0 bridgehead atoms. The topological polar surface area (TPSA) is 69.3 Å². The lowest BCUT2D eigenvalue weighted by atomic mass is 9.72. The highest BCUT2D eigenvalue weighted by Crippen LogP contribution is 2.41. The smallest absolute Gasteiger partial charge is 0.225 e. The highest BCUT2D eigenvalue weighted by molar-refractivity contribution is 5.79. The number of rotatable bonds is 4. The molecular weight excluding hydrogens is 352 g/mol. The SMILES string of the molecule is CC1CCC(C(=O)N2CCC3(CCC(=O)N(CCc4cnc[nH]4)C3)CC2)CC1. The van der Waals surface area contributed by atoms with Gasteiger partial charge in [-0.1, -0.05) is 6.92 Å². The number of piperidine rings is 2. The summed E-state index contributed by atoms with van der Waals surface area (Å²) in [5.74, 6) is 1.70. The van der Waals surface area contributed by atoms with Crippen LogP contribution in [-0.4, -0.2) is 57.8 Å². The van der Waals surface area contributed by atoms with E-state index in [9.17, 15) is 9.59 Å². The summed E-state index contributed by atoms with van der Waals surface area (Å²) < 4.78 is 0. The van der Waals surface area contributed by atoms with Crippen LogP contribution < -0.4 is 0 Å². The number of amides is 2. The van der Waals surface area contributed by atoms with Crippen LogP contribution in [0.25, 0.3) is 0 Å². The van der Waals surface area contributed by atoms with Crippen LogP contribution >= 0.6 is 0 Å². The van der Waals surface area contributed by atoms with E-state index in [4.69, 9.17) is 0 Å². The number of H-pyrrole nitrogens is 1. The average Bonchev–Trinajstić information content (AvgIpc) is 3.23. The molecule has 2 aliphatic heterocycles. The van der Waals surface area contributed by atoms with Gasteiger partial charge < -0.3 is 14.8 Å². The zero-order valence-electron chi connectivity index (χ0n) is 17.2. The van der Waals surface area contributed by atoms with Crippen molar-refractivity contribution in [2.75, 3.05) is 26.2 Å². The molecule has 0 aromatic carbocycles. The molecule has 6 heteroatoms. The molecule has 1 saturated carbocycles. The van der Waals surface area contributed by atoms with Gasteiger partial charge in [-0.2, -0.15) is 0 Å². The monoisotopic (exact) mass is 386 g/mol. The van der Waals surface area contributed by atoms with Gasteiger partial charge in [0.05, 0.1) is 6.33 Å². The molecule has 3 heterocycles. The summed E-state index contributed by atoms with van der Waals surface area (Å²) in [4.78, 5) is 36.7. The zero-order valence-corrected chi connectivity index (χ0v) is 17.2. The number of imidazole rings is 1. The van der Waals surface area contributed by atoms with Gasteiger partial charge in [0.15, 0.2) is 0 Å². The molecule has 1 spiro atoms. The Labute approximate surface area is 168 Å². The molecule has 1 aromatic rings. The van der Waals surface area contributed by atoms with Gasteiger partial charge in [-0.05, 0) is 56.3 Å². The first-order valence-electron chi connectivity index (χ1n) is 11.1. The fourth-order valence-corrected chi connectivity index (χ4v) is 5.36. The Balaban J connectivity index is 1.30. The maximum atomic E-state index is 12.9. The van der Waals surface area contributed by atoms with E-state index in [0.717, 1.165) is 76.3 Å². The molecular formula is C22H34N4O2.